The van der Waals surface area contributed by atoms with Crippen LogP contribution in [0.2, 0.25) is 0 Å². The van der Waals surface area contributed by atoms with Gasteiger partial charge in [-0.2, -0.15) is 0 Å². The van der Waals surface area contributed by atoms with Gasteiger partial charge < -0.3 is 10.1 Å². The lowest BCUT2D eigenvalue weighted by atomic mass is 10.2. The highest BCUT2D eigenvalue weighted by Crippen LogP contribution is 2.25. The van der Waals surface area contributed by atoms with E-state index in [0.29, 0.717) is 12.3 Å². The summed E-state index contributed by atoms with van der Waals surface area (Å²) >= 11 is 0. The Morgan fingerprint density at radius 1 is 1.35 bits per heavy atom. The number of ether oxygens (including phenoxy) is 1. The highest BCUT2D eigenvalue weighted by molar-refractivity contribution is 7.89. The molecule has 1 fully saturated rings. The van der Waals surface area contributed by atoms with Crippen LogP contribution < -0.4 is 14.8 Å². The van der Waals surface area contributed by atoms with Crippen LogP contribution in [-0.2, 0) is 10.0 Å². The van der Waals surface area contributed by atoms with Gasteiger partial charge in [0.2, 0.25) is 10.0 Å². The van der Waals surface area contributed by atoms with Gasteiger partial charge in [-0.15, -0.1) is 0 Å². The third-order valence-corrected chi connectivity index (χ3v) is 5.02. The van der Waals surface area contributed by atoms with Gasteiger partial charge in [-0.1, -0.05) is 12.5 Å². The molecule has 20 heavy (non-hydrogen) atoms. The van der Waals surface area contributed by atoms with Crippen LogP contribution in [0, 0.1) is 6.92 Å². The van der Waals surface area contributed by atoms with Crippen molar-refractivity contribution < 1.29 is 13.2 Å². The van der Waals surface area contributed by atoms with E-state index >= 15 is 0 Å². The summed E-state index contributed by atoms with van der Waals surface area (Å²) in [5.41, 5.74) is 0.894. The summed E-state index contributed by atoms with van der Waals surface area (Å²) in [6, 6.07) is 5.11. The van der Waals surface area contributed by atoms with Gasteiger partial charge in [0.05, 0.1) is 7.11 Å². The second-order valence-corrected chi connectivity index (χ2v) is 6.85. The number of methoxy groups -OCH3 is 1. The number of aryl methyl sites for hydroxylation is 1. The quantitative estimate of drug-likeness (QED) is 0.882. The van der Waals surface area contributed by atoms with Gasteiger partial charge >= 0.3 is 0 Å². The average molecular weight is 298 g/mol. The monoisotopic (exact) mass is 298 g/mol. The Labute approximate surface area is 120 Å². The second kappa shape index (κ2) is 6.56. The van der Waals surface area contributed by atoms with Crippen molar-refractivity contribution in [3.8, 4) is 5.75 Å². The van der Waals surface area contributed by atoms with E-state index in [9.17, 15) is 8.42 Å². The van der Waals surface area contributed by atoms with E-state index in [4.69, 9.17) is 4.74 Å². The van der Waals surface area contributed by atoms with Gasteiger partial charge in [0, 0.05) is 12.6 Å². The zero-order valence-electron chi connectivity index (χ0n) is 12.0. The summed E-state index contributed by atoms with van der Waals surface area (Å²) in [4.78, 5) is 0.212. The van der Waals surface area contributed by atoms with Crippen LogP contribution >= 0.6 is 0 Å². The molecule has 0 bridgehead atoms. The van der Waals surface area contributed by atoms with Gasteiger partial charge in [0.25, 0.3) is 0 Å². The highest BCUT2D eigenvalue weighted by Gasteiger charge is 2.24. The largest absolute Gasteiger partial charge is 0.495 e. The molecule has 1 aliphatic rings. The minimum absolute atomic E-state index is 0.0623. The van der Waals surface area contributed by atoms with Crippen LogP contribution in [-0.4, -0.2) is 34.7 Å². The van der Waals surface area contributed by atoms with Crippen molar-refractivity contribution in [1.82, 2.24) is 10.0 Å². The molecule has 112 valence electrons. The Kier molecular flexibility index (Phi) is 5.01. The smallest absolute Gasteiger partial charge is 0.244 e. The molecule has 1 saturated heterocycles. The maximum atomic E-state index is 12.5. The maximum Gasteiger partial charge on any atom is 0.244 e. The molecule has 1 aliphatic heterocycles. The molecule has 1 unspecified atom stereocenters. The summed E-state index contributed by atoms with van der Waals surface area (Å²) in [6.45, 7) is 3.49. The third kappa shape index (κ3) is 3.71. The molecule has 2 N–H and O–H groups in total. The maximum absolute atomic E-state index is 12.5. The minimum atomic E-state index is -3.56. The summed E-state index contributed by atoms with van der Waals surface area (Å²) in [5.74, 6) is 0.379. The lowest BCUT2D eigenvalue weighted by molar-refractivity contribution is 0.401. The van der Waals surface area contributed by atoms with Crippen molar-refractivity contribution in [2.75, 3.05) is 20.2 Å². The van der Waals surface area contributed by atoms with Crippen LogP contribution in [0.25, 0.3) is 0 Å². The van der Waals surface area contributed by atoms with E-state index in [-0.39, 0.29) is 10.9 Å². The van der Waals surface area contributed by atoms with Gasteiger partial charge in [-0.25, -0.2) is 13.1 Å². The fourth-order valence-electron chi connectivity index (χ4n) is 2.40. The molecule has 0 radical (unpaired) electrons. The molecule has 0 spiro atoms. The first-order valence-corrected chi connectivity index (χ1v) is 8.39. The molecule has 0 aliphatic carbocycles. The fourth-order valence-corrected chi connectivity index (χ4v) is 3.92. The number of sulfonamides is 1. The van der Waals surface area contributed by atoms with Gasteiger partial charge in [0.15, 0.2) is 0 Å². The first-order valence-electron chi connectivity index (χ1n) is 6.90. The molecule has 1 aromatic rings. The predicted octanol–water partition coefficient (Wildman–Crippen LogP) is 1.42. The van der Waals surface area contributed by atoms with Crippen LogP contribution in [0.3, 0.4) is 0 Å². The Morgan fingerprint density at radius 2 is 2.15 bits per heavy atom. The first-order chi connectivity index (χ1) is 9.53. The SMILES string of the molecule is COc1ccc(C)cc1S(=O)(=O)NC1CCCCNC1. The van der Waals surface area contributed by atoms with Crippen molar-refractivity contribution >= 4 is 10.0 Å². The molecular weight excluding hydrogens is 276 g/mol. The fraction of sp³-hybridized carbons (Fsp3) is 0.571. The number of hydrogen-bond acceptors (Lipinski definition) is 4. The number of benzene rings is 1. The average Bonchev–Trinajstić information content (AvgIpc) is 2.67. The van der Waals surface area contributed by atoms with Crippen molar-refractivity contribution in [3.63, 3.8) is 0 Å². The summed E-state index contributed by atoms with van der Waals surface area (Å²) < 4.78 is 33.0. The van der Waals surface area contributed by atoms with Crippen molar-refractivity contribution in [2.45, 2.75) is 37.1 Å². The van der Waals surface area contributed by atoms with Gasteiger partial charge in [0.1, 0.15) is 10.6 Å². The Balaban J connectivity index is 2.23. The van der Waals surface area contributed by atoms with E-state index in [1.807, 2.05) is 13.0 Å². The summed E-state index contributed by atoms with van der Waals surface area (Å²) in [7, 11) is -2.07. The first kappa shape index (κ1) is 15.3. The Morgan fingerprint density at radius 3 is 2.90 bits per heavy atom. The Hall–Kier alpha value is -1.11. The zero-order chi connectivity index (χ0) is 14.6. The van der Waals surface area contributed by atoms with Gasteiger partial charge in [-0.3, -0.25) is 0 Å². The third-order valence-electron chi connectivity index (χ3n) is 3.48. The highest BCUT2D eigenvalue weighted by atomic mass is 32.2. The topological polar surface area (TPSA) is 67.4 Å². The van der Waals surface area contributed by atoms with Crippen molar-refractivity contribution in [3.05, 3.63) is 23.8 Å². The van der Waals surface area contributed by atoms with Crippen LogP contribution in [0.15, 0.2) is 23.1 Å². The van der Waals surface area contributed by atoms with Crippen molar-refractivity contribution in [1.29, 1.82) is 0 Å². The van der Waals surface area contributed by atoms with E-state index in [1.165, 1.54) is 7.11 Å². The molecule has 1 heterocycles. The molecule has 2 rings (SSSR count). The van der Waals surface area contributed by atoms with Crippen LogP contribution in [0.4, 0.5) is 0 Å². The molecule has 0 saturated carbocycles. The molecule has 5 nitrogen and oxygen atoms in total. The molecule has 6 heteroatoms. The van der Waals surface area contributed by atoms with Crippen LogP contribution in [0.1, 0.15) is 24.8 Å². The van der Waals surface area contributed by atoms with E-state index < -0.39 is 10.0 Å². The molecule has 0 aromatic heterocycles. The summed E-state index contributed by atoms with van der Waals surface area (Å²) in [5, 5.41) is 3.25. The minimum Gasteiger partial charge on any atom is -0.495 e. The Bertz CT molecular complexity index is 550. The number of hydrogen-bond donors (Lipinski definition) is 2. The molecule has 1 atom stereocenters. The predicted molar refractivity (Wildman–Crippen MR) is 78.6 cm³/mol. The summed E-state index contributed by atoms with van der Waals surface area (Å²) in [6.07, 6.45) is 2.98. The van der Waals surface area contributed by atoms with Crippen LogP contribution in [0.5, 0.6) is 5.75 Å². The van der Waals surface area contributed by atoms with Crippen molar-refractivity contribution in [2.24, 2.45) is 0 Å². The second-order valence-electron chi connectivity index (χ2n) is 5.17. The lowest BCUT2D eigenvalue weighted by Crippen LogP contribution is -2.40. The van der Waals surface area contributed by atoms with E-state index in [2.05, 4.69) is 10.0 Å². The van der Waals surface area contributed by atoms with Gasteiger partial charge in [-0.05, 0) is 44.0 Å². The molecule has 1 aromatic carbocycles. The van der Waals surface area contributed by atoms with E-state index in [0.717, 1.165) is 31.4 Å². The number of nitrogens with one attached hydrogen (secondary N) is 2. The normalized spacial score (nSPS) is 20.4. The standard InChI is InChI=1S/C14H22N2O3S/c1-11-6-7-13(19-2)14(9-11)20(17,18)16-12-5-3-4-8-15-10-12/h6-7,9,12,15-16H,3-5,8,10H2,1-2H3. The molecule has 0 amide bonds. The lowest BCUT2D eigenvalue weighted by Gasteiger charge is -2.18. The van der Waals surface area contributed by atoms with E-state index in [1.54, 1.807) is 12.1 Å². The molecular formula is C14H22N2O3S. The zero-order valence-corrected chi connectivity index (χ0v) is 12.8. The number of rotatable bonds is 4.